The molecule has 0 spiro atoms. The largest absolute Gasteiger partial charge is 0.459 e. The van der Waals surface area contributed by atoms with Crippen LogP contribution in [0.4, 0.5) is 0 Å². The molecule has 1 aromatic heterocycles. The van der Waals surface area contributed by atoms with Gasteiger partial charge in [0.2, 0.25) is 10.0 Å². The van der Waals surface area contributed by atoms with Crippen molar-refractivity contribution in [3.8, 4) is 0 Å². The van der Waals surface area contributed by atoms with Crippen molar-refractivity contribution in [2.24, 2.45) is 0 Å². The van der Waals surface area contributed by atoms with Crippen molar-refractivity contribution in [3.63, 3.8) is 0 Å². The van der Waals surface area contributed by atoms with Crippen molar-refractivity contribution in [3.05, 3.63) is 24.2 Å². The molecular formula is C13H20N2O4S. The van der Waals surface area contributed by atoms with Gasteiger partial charge < -0.3 is 9.32 Å². The molecule has 0 saturated carbocycles. The van der Waals surface area contributed by atoms with Gasteiger partial charge in [0.15, 0.2) is 5.76 Å². The van der Waals surface area contributed by atoms with Crippen LogP contribution in [0, 0.1) is 0 Å². The van der Waals surface area contributed by atoms with E-state index in [0.717, 1.165) is 25.5 Å². The maximum atomic E-state index is 12.3. The van der Waals surface area contributed by atoms with Crippen molar-refractivity contribution in [2.75, 3.05) is 19.3 Å². The number of amides is 1. The number of nitrogens with one attached hydrogen (secondary N) is 1. The Hall–Kier alpha value is -1.34. The first-order valence-electron chi connectivity index (χ1n) is 6.76. The highest BCUT2D eigenvalue weighted by molar-refractivity contribution is 7.88. The quantitative estimate of drug-likeness (QED) is 0.886. The first-order chi connectivity index (χ1) is 9.47. The van der Waals surface area contributed by atoms with Crippen molar-refractivity contribution in [1.29, 1.82) is 0 Å². The molecule has 1 aliphatic heterocycles. The van der Waals surface area contributed by atoms with Gasteiger partial charge >= 0.3 is 0 Å². The molecule has 1 amide bonds. The van der Waals surface area contributed by atoms with Crippen LogP contribution in [0.15, 0.2) is 22.8 Å². The van der Waals surface area contributed by atoms with Crippen LogP contribution in [0.3, 0.4) is 0 Å². The molecule has 7 heteroatoms. The standard InChI is InChI=1S/C13H20N2O4S/c1-20(17,18)14-8-7-11-5-2-3-9-15(11)13(16)12-6-4-10-19-12/h4,6,10-11,14H,2-3,5,7-9H2,1H3. The second kappa shape index (κ2) is 6.41. The Morgan fingerprint density at radius 2 is 2.30 bits per heavy atom. The second-order valence-electron chi connectivity index (χ2n) is 5.08. The minimum Gasteiger partial charge on any atom is -0.459 e. The number of rotatable bonds is 5. The number of hydrogen-bond donors (Lipinski definition) is 1. The van der Waals surface area contributed by atoms with Gasteiger partial charge in [-0.2, -0.15) is 0 Å². The maximum Gasteiger partial charge on any atom is 0.289 e. The Labute approximate surface area is 119 Å². The molecule has 0 radical (unpaired) electrons. The lowest BCUT2D eigenvalue weighted by Crippen LogP contribution is -2.45. The van der Waals surface area contributed by atoms with E-state index in [1.54, 1.807) is 17.0 Å². The third-order valence-corrected chi connectivity index (χ3v) is 4.19. The fraction of sp³-hybridized carbons (Fsp3) is 0.615. The summed E-state index contributed by atoms with van der Waals surface area (Å²) in [7, 11) is -3.18. The van der Waals surface area contributed by atoms with Crippen molar-refractivity contribution in [1.82, 2.24) is 9.62 Å². The summed E-state index contributed by atoms with van der Waals surface area (Å²) in [6.45, 7) is 1.05. The molecule has 0 aliphatic carbocycles. The van der Waals surface area contributed by atoms with Crippen LogP contribution in [0.25, 0.3) is 0 Å². The fourth-order valence-electron chi connectivity index (χ4n) is 2.52. The first kappa shape index (κ1) is 15.1. The summed E-state index contributed by atoms with van der Waals surface area (Å²) < 4.78 is 29.8. The summed E-state index contributed by atoms with van der Waals surface area (Å²) in [5, 5.41) is 0. The smallest absolute Gasteiger partial charge is 0.289 e. The zero-order chi connectivity index (χ0) is 14.6. The molecule has 1 N–H and O–H groups in total. The van der Waals surface area contributed by atoms with Crippen LogP contribution in [0.1, 0.15) is 36.2 Å². The predicted molar refractivity (Wildman–Crippen MR) is 74.8 cm³/mol. The van der Waals surface area contributed by atoms with E-state index in [4.69, 9.17) is 4.42 Å². The Bertz CT molecular complexity index is 539. The lowest BCUT2D eigenvalue weighted by molar-refractivity contribution is 0.0571. The molecule has 1 unspecified atom stereocenters. The molecular weight excluding hydrogens is 280 g/mol. The van der Waals surface area contributed by atoms with Crippen molar-refractivity contribution >= 4 is 15.9 Å². The summed E-state index contributed by atoms with van der Waals surface area (Å²) in [6.07, 6.45) is 6.18. The van der Waals surface area contributed by atoms with Crippen LogP contribution in [-0.2, 0) is 10.0 Å². The number of sulfonamides is 1. The van der Waals surface area contributed by atoms with Crippen LogP contribution in [-0.4, -0.2) is 44.6 Å². The highest BCUT2D eigenvalue weighted by Gasteiger charge is 2.28. The Balaban J connectivity index is 1.96. The van der Waals surface area contributed by atoms with Gasteiger partial charge in [-0.15, -0.1) is 0 Å². The number of hydrogen-bond acceptors (Lipinski definition) is 4. The molecule has 2 heterocycles. The lowest BCUT2D eigenvalue weighted by Gasteiger charge is -2.35. The van der Waals surface area contributed by atoms with Gasteiger partial charge in [0.25, 0.3) is 5.91 Å². The molecule has 112 valence electrons. The van der Waals surface area contributed by atoms with Crippen LogP contribution < -0.4 is 4.72 Å². The summed E-state index contributed by atoms with van der Waals surface area (Å²) in [6, 6.07) is 3.41. The van der Waals surface area contributed by atoms with Crippen molar-refractivity contribution < 1.29 is 17.6 Å². The average molecular weight is 300 g/mol. The van der Waals surface area contributed by atoms with Gasteiger partial charge in [0.05, 0.1) is 12.5 Å². The van der Waals surface area contributed by atoms with Gasteiger partial charge in [-0.3, -0.25) is 4.79 Å². The van der Waals surface area contributed by atoms with Crippen LogP contribution in [0.5, 0.6) is 0 Å². The minimum atomic E-state index is -3.18. The topological polar surface area (TPSA) is 79.6 Å². The van der Waals surface area contributed by atoms with Crippen LogP contribution in [0.2, 0.25) is 0 Å². The van der Waals surface area contributed by atoms with Gasteiger partial charge in [-0.1, -0.05) is 0 Å². The molecule has 1 saturated heterocycles. The van der Waals surface area contributed by atoms with Gasteiger partial charge in [-0.05, 0) is 37.8 Å². The molecule has 1 aromatic rings. The van der Waals surface area contributed by atoms with Gasteiger partial charge in [0, 0.05) is 19.1 Å². The number of carbonyl (C=O) groups excluding carboxylic acids is 1. The van der Waals surface area contributed by atoms with E-state index >= 15 is 0 Å². The van der Waals surface area contributed by atoms with Gasteiger partial charge in [0.1, 0.15) is 0 Å². The zero-order valence-corrected chi connectivity index (χ0v) is 12.4. The van der Waals surface area contributed by atoms with E-state index in [1.165, 1.54) is 6.26 Å². The van der Waals surface area contributed by atoms with Crippen molar-refractivity contribution in [2.45, 2.75) is 31.7 Å². The number of furan rings is 1. The number of piperidine rings is 1. The monoisotopic (exact) mass is 300 g/mol. The Morgan fingerprint density at radius 1 is 1.50 bits per heavy atom. The first-order valence-corrected chi connectivity index (χ1v) is 8.65. The molecule has 6 nitrogen and oxygen atoms in total. The molecule has 20 heavy (non-hydrogen) atoms. The molecule has 2 rings (SSSR count). The summed E-state index contributed by atoms with van der Waals surface area (Å²) in [5.41, 5.74) is 0. The highest BCUT2D eigenvalue weighted by Crippen LogP contribution is 2.22. The molecule has 1 atom stereocenters. The highest BCUT2D eigenvalue weighted by atomic mass is 32.2. The Morgan fingerprint density at radius 3 is 2.95 bits per heavy atom. The molecule has 1 aliphatic rings. The summed E-state index contributed by atoms with van der Waals surface area (Å²) in [4.78, 5) is 14.1. The minimum absolute atomic E-state index is 0.0654. The maximum absolute atomic E-state index is 12.3. The summed E-state index contributed by atoms with van der Waals surface area (Å²) in [5.74, 6) is 0.229. The second-order valence-corrected chi connectivity index (χ2v) is 6.91. The Kier molecular flexibility index (Phi) is 4.82. The molecule has 1 fully saturated rings. The third kappa shape index (κ3) is 4.08. The fourth-order valence-corrected chi connectivity index (χ4v) is 3.01. The molecule has 0 aromatic carbocycles. The van der Waals surface area contributed by atoms with E-state index in [1.807, 2.05) is 0 Å². The van der Waals surface area contributed by atoms with E-state index in [9.17, 15) is 13.2 Å². The van der Waals surface area contributed by atoms with E-state index in [0.29, 0.717) is 25.3 Å². The predicted octanol–water partition coefficient (Wildman–Crippen LogP) is 1.21. The van der Waals surface area contributed by atoms with Crippen LogP contribution >= 0.6 is 0 Å². The summed E-state index contributed by atoms with van der Waals surface area (Å²) >= 11 is 0. The zero-order valence-electron chi connectivity index (χ0n) is 11.5. The van der Waals surface area contributed by atoms with E-state index in [2.05, 4.69) is 4.72 Å². The van der Waals surface area contributed by atoms with Gasteiger partial charge in [-0.25, -0.2) is 13.1 Å². The number of likely N-dealkylation sites (tertiary alicyclic amines) is 1. The number of nitrogens with zero attached hydrogens (tertiary/aromatic N) is 1. The van der Waals surface area contributed by atoms with E-state index < -0.39 is 10.0 Å². The average Bonchev–Trinajstić information content (AvgIpc) is 2.91. The SMILES string of the molecule is CS(=O)(=O)NCCC1CCCCN1C(=O)c1ccco1. The number of carbonyl (C=O) groups is 1. The lowest BCUT2D eigenvalue weighted by atomic mass is 9.99. The third-order valence-electron chi connectivity index (χ3n) is 3.46. The van der Waals surface area contributed by atoms with E-state index in [-0.39, 0.29) is 11.9 Å². The molecule has 0 bridgehead atoms. The normalized spacial score (nSPS) is 20.1.